The Bertz CT molecular complexity index is 1220. The monoisotopic (exact) mass is 439 g/mol. The number of carbonyl (C=O) groups excluding carboxylic acids is 1. The van der Waals surface area contributed by atoms with Crippen LogP contribution in [0.2, 0.25) is 0 Å². The number of nitrogens with zero attached hydrogens (tertiary/aromatic N) is 2. The third-order valence-electron chi connectivity index (χ3n) is 5.39. The number of pyridine rings is 1. The Labute approximate surface area is 182 Å². The first kappa shape index (κ1) is 21.4. The zero-order chi connectivity index (χ0) is 22.0. The number of hydrogen-bond donors (Lipinski definition) is 1. The fourth-order valence-corrected chi connectivity index (χ4v) is 5.02. The lowest BCUT2D eigenvalue weighted by molar-refractivity contribution is 0.0730. The van der Waals surface area contributed by atoms with Gasteiger partial charge in [0.15, 0.2) is 0 Å². The summed E-state index contributed by atoms with van der Waals surface area (Å²) < 4.78 is 32.1. The van der Waals surface area contributed by atoms with Gasteiger partial charge in [0.25, 0.3) is 5.91 Å². The van der Waals surface area contributed by atoms with Gasteiger partial charge in [-0.3, -0.25) is 9.78 Å². The Morgan fingerprint density at radius 1 is 1.06 bits per heavy atom. The molecule has 1 aromatic heterocycles. The summed E-state index contributed by atoms with van der Waals surface area (Å²) in [6, 6.07) is 14.4. The van der Waals surface area contributed by atoms with Gasteiger partial charge < -0.3 is 10.1 Å². The standard InChI is InChI=1S/C23H25N3O4S/c1-16-3-8-22-19(13-16)14-21(17(2)25-22)23(27)24-15-18-4-6-20(7-5-18)31(28,29)26-9-11-30-12-10-26/h3-8,13-14H,9-12,15H2,1-2H3,(H,24,27). The van der Waals surface area contributed by atoms with E-state index in [9.17, 15) is 13.2 Å². The lowest BCUT2D eigenvalue weighted by Gasteiger charge is -2.26. The second-order valence-electron chi connectivity index (χ2n) is 7.66. The van der Waals surface area contributed by atoms with E-state index in [2.05, 4.69) is 10.3 Å². The van der Waals surface area contributed by atoms with Crippen LogP contribution in [0, 0.1) is 13.8 Å². The van der Waals surface area contributed by atoms with Gasteiger partial charge in [-0.1, -0.05) is 23.8 Å². The van der Waals surface area contributed by atoms with Crippen LogP contribution in [0.1, 0.15) is 27.2 Å². The summed E-state index contributed by atoms with van der Waals surface area (Å²) in [5.41, 5.74) is 3.98. The van der Waals surface area contributed by atoms with Gasteiger partial charge in [0, 0.05) is 25.0 Å². The third-order valence-corrected chi connectivity index (χ3v) is 7.30. The molecule has 0 atom stereocenters. The lowest BCUT2D eigenvalue weighted by Crippen LogP contribution is -2.40. The molecular formula is C23H25N3O4S. The molecule has 31 heavy (non-hydrogen) atoms. The average Bonchev–Trinajstić information content (AvgIpc) is 2.78. The Balaban J connectivity index is 1.45. The fourth-order valence-electron chi connectivity index (χ4n) is 3.61. The molecule has 8 heteroatoms. The van der Waals surface area contributed by atoms with Crippen LogP contribution >= 0.6 is 0 Å². The van der Waals surface area contributed by atoms with E-state index in [1.165, 1.54) is 4.31 Å². The Kier molecular flexibility index (Phi) is 6.04. The molecular weight excluding hydrogens is 414 g/mol. The molecule has 1 saturated heterocycles. The minimum Gasteiger partial charge on any atom is -0.379 e. The Morgan fingerprint density at radius 3 is 2.48 bits per heavy atom. The van der Waals surface area contributed by atoms with Crippen molar-refractivity contribution in [2.24, 2.45) is 0 Å². The van der Waals surface area contributed by atoms with Crippen LogP contribution in [0.3, 0.4) is 0 Å². The average molecular weight is 440 g/mol. The van der Waals surface area contributed by atoms with Crippen molar-refractivity contribution in [3.8, 4) is 0 Å². The zero-order valence-corrected chi connectivity index (χ0v) is 18.4. The Hall–Kier alpha value is -2.81. The summed E-state index contributed by atoms with van der Waals surface area (Å²) in [5.74, 6) is -0.210. The number of fused-ring (bicyclic) bond motifs is 1. The second-order valence-corrected chi connectivity index (χ2v) is 9.60. The number of aryl methyl sites for hydroxylation is 2. The molecule has 0 spiro atoms. The van der Waals surface area contributed by atoms with Gasteiger partial charge in [-0.2, -0.15) is 4.31 Å². The SMILES string of the molecule is Cc1ccc2nc(C)c(C(=O)NCc3ccc(S(=O)(=O)N4CCOCC4)cc3)cc2c1. The summed E-state index contributed by atoms with van der Waals surface area (Å²) in [6.45, 7) is 5.65. The van der Waals surface area contributed by atoms with Gasteiger partial charge >= 0.3 is 0 Å². The van der Waals surface area contributed by atoms with Crippen LogP contribution in [-0.2, 0) is 21.3 Å². The van der Waals surface area contributed by atoms with Gasteiger partial charge in [0.1, 0.15) is 0 Å². The molecule has 0 unspecified atom stereocenters. The normalized spacial score (nSPS) is 15.2. The molecule has 1 aliphatic heterocycles. The first-order valence-electron chi connectivity index (χ1n) is 10.2. The van der Waals surface area contributed by atoms with Crippen LogP contribution in [0.5, 0.6) is 0 Å². The van der Waals surface area contributed by atoms with Gasteiger partial charge in [0.05, 0.1) is 34.9 Å². The van der Waals surface area contributed by atoms with Crippen LogP contribution in [0.25, 0.3) is 10.9 Å². The summed E-state index contributed by atoms with van der Waals surface area (Å²) in [7, 11) is -3.53. The fraction of sp³-hybridized carbons (Fsp3) is 0.304. The molecule has 0 aliphatic carbocycles. The number of aromatic nitrogens is 1. The first-order valence-corrected chi connectivity index (χ1v) is 11.6. The summed E-state index contributed by atoms with van der Waals surface area (Å²) >= 11 is 0. The minimum absolute atomic E-state index is 0.210. The maximum absolute atomic E-state index is 12.7. The largest absolute Gasteiger partial charge is 0.379 e. The molecule has 1 fully saturated rings. The Morgan fingerprint density at radius 2 is 1.77 bits per heavy atom. The zero-order valence-electron chi connectivity index (χ0n) is 17.6. The van der Waals surface area contributed by atoms with Crippen molar-refractivity contribution in [2.75, 3.05) is 26.3 Å². The van der Waals surface area contributed by atoms with E-state index in [1.54, 1.807) is 24.3 Å². The number of morpholine rings is 1. The van der Waals surface area contributed by atoms with E-state index in [1.807, 2.05) is 38.1 Å². The van der Waals surface area contributed by atoms with Crippen molar-refractivity contribution in [1.29, 1.82) is 0 Å². The highest BCUT2D eigenvalue weighted by molar-refractivity contribution is 7.89. The minimum atomic E-state index is -3.53. The van der Waals surface area contributed by atoms with E-state index in [-0.39, 0.29) is 10.8 Å². The lowest BCUT2D eigenvalue weighted by atomic mass is 10.1. The van der Waals surface area contributed by atoms with Crippen molar-refractivity contribution in [3.63, 3.8) is 0 Å². The van der Waals surface area contributed by atoms with Crippen LogP contribution in [0.15, 0.2) is 53.4 Å². The van der Waals surface area contributed by atoms with Crippen molar-refractivity contribution in [2.45, 2.75) is 25.3 Å². The number of sulfonamides is 1. The molecule has 0 bridgehead atoms. The number of carbonyl (C=O) groups is 1. The van der Waals surface area contributed by atoms with Crippen LogP contribution in [0.4, 0.5) is 0 Å². The van der Waals surface area contributed by atoms with Crippen LogP contribution < -0.4 is 5.32 Å². The molecule has 3 aromatic rings. The van der Waals surface area contributed by atoms with Crippen molar-refractivity contribution in [1.82, 2.24) is 14.6 Å². The first-order chi connectivity index (χ1) is 14.8. The quantitative estimate of drug-likeness (QED) is 0.660. The third kappa shape index (κ3) is 4.61. The molecule has 2 aromatic carbocycles. The maximum Gasteiger partial charge on any atom is 0.253 e. The summed E-state index contributed by atoms with van der Waals surface area (Å²) in [5, 5.41) is 3.83. The molecule has 2 heterocycles. The molecule has 0 saturated carbocycles. The molecule has 4 rings (SSSR count). The van der Waals surface area contributed by atoms with Crippen LogP contribution in [-0.4, -0.2) is 49.9 Å². The molecule has 0 radical (unpaired) electrons. The molecule has 162 valence electrons. The van der Waals surface area contributed by atoms with E-state index in [4.69, 9.17) is 4.74 Å². The summed E-state index contributed by atoms with van der Waals surface area (Å²) in [6.07, 6.45) is 0. The number of nitrogens with one attached hydrogen (secondary N) is 1. The molecule has 1 amide bonds. The highest BCUT2D eigenvalue weighted by Crippen LogP contribution is 2.19. The van der Waals surface area contributed by atoms with Crippen molar-refractivity contribution in [3.05, 3.63) is 70.9 Å². The number of rotatable bonds is 5. The van der Waals surface area contributed by atoms with E-state index in [0.29, 0.717) is 44.1 Å². The van der Waals surface area contributed by atoms with E-state index >= 15 is 0 Å². The predicted octanol–water partition coefficient (Wildman–Crippen LogP) is 2.80. The highest BCUT2D eigenvalue weighted by atomic mass is 32.2. The molecule has 1 aliphatic rings. The van der Waals surface area contributed by atoms with Gasteiger partial charge in [-0.05, 0) is 49.7 Å². The topological polar surface area (TPSA) is 88.6 Å². The van der Waals surface area contributed by atoms with Gasteiger partial charge in [-0.15, -0.1) is 0 Å². The second kappa shape index (κ2) is 8.74. The number of amides is 1. The van der Waals surface area contributed by atoms with Crippen molar-refractivity contribution < 1.29 is 17.9 Å². The summed E-state index contributed by atoms with van der Waals surface area (Å²) in [4.78, 5) is 17.5. The molecule has 7 nitrogen and oxygen atoms in total. The molecule has 1 N–H and O–H groups in total. The number of hydrogen-bond acceptors (Lipinski definition) is 5. The number of ether oxygens (including phenoxy) is 1. The maximum atomic E-state index is 12.7. The van der Waals surface area contributed by atoms with Crippen molar-refractivity contribution >= 4 is 26.8 Å². The van der Waals surface area contributed by atoms with E-state index < -0.39 is 10.0 Å². The van der Waals surface area contributed by atoms with Gasteiger partial charge in [0.2, 0.25) is 10.0 Å². The van der Waals surface area contributed by atoms with Gasteiger partial charge in [-0.25, -0.2) is 8.42 Å². The predicted molar refractivity (Wildman–Crippen MR) is 118 cm³/mol. The number of benzene rings is 2. The smallest absolute Gasteiger partial charge is 0.253 e. The van der Waals surface area contributed by atoms with E-state index in [0.717, 1.165) is 22.0 Å². The highest BCUT2D eigenvalue weighted by Gasteiger charge is 2.26.